The summed E-state index contributed by atoms with van der Waals surface area (Å²) < 4.78 is 43.8. The van der Waals surface area contributed by atoms with Crippen molar-refractivity contribution in [2.45, 2.75) is 43.9 Å². The molecule has 0 aliphatic carbocycles. The molecule has 0 aromatic heterocycles. The van der Waals surface area contributed by atoms with E-state index >= 15 is 0 Å². The Morgan fingerprint density at radius 2 is 1.91 bits per heavy atom. The van der Waals surface area contributed by atoms with Gasteiger partial charge < -0.3 is 9.64 Å². The number of sulfonamides is 1. The molecule has 2 aromatic rings. The van der Waals surface area contributed by atoms with E-state index in [-0.39, 0.29) is 28.7 Å². The monoisotopic (exact) mass is 475 g/mol. The molecule has 7 nitrogen and oxygen atoms in total. The Bertz CT molecular complexity index is 1120. The molecule has 0 saturated carbocycles. The minimum Gasteiger partial charge on any atom is -0.484 e. The highest BCUT2D eigenvalue weighted by Crippen LogP contribution is 2.30. The lowest BCUT2D eigenvalue weighted by molar-refractivity contribution is -0.131. The fourth-order valence-corrected chi connectivity index (χ4v) is 4.59. The molecule has 0 spiro atoms. The number of primary sulfonamides is 1. The maximum atomic E-state index is 14.4. The third-order valence-electron chi connectivity index (χ3n) is 6.07. The molecule has 33 heavy (non-hydrogen) atoms. The van der Waals surface area contributed by atoms with Crippen LogP contribution in [0.15, 0.2) is 60.0 Å². The Morgan fingerprint density at radius 3 is 2.45 bits per heavy atom. The van der Waals surface area contributed by atoms with Crippen LogP contribution in [0.3, 0.4) is 0 Å². The number of hydrogen-bond donors (Lipinski definition) is 1. The average Bonchev–Trinajstić information content (AvgIpc) is 2.78. The second kappa shape index (κ2) is 10.0. The van der Waals surface area contributed by atoms with E-state index in [2.05, 4.69) is 11.5 Å². The lowest BCUT2D eigenvalue weighted by Gasteiger charge is -2.44. The van der Waals surface area contributed by atoms with Crippen LogP contribution in [-0.4, -0.2) is 55.8 Å². The highest BCUT2D eigenvalue weighted by atomic mass is 32.2. The third-order valence-corrected chi connectivity index (χ3v) is 7.00. The molecule has 1 aliphatic rings. The maximum absolute atomic E-state index is 14.4. The van der Waals surface area contributed by atoms with Crippen LogP contribution in [-0.2, 0) is 14.8 Å². The first-order valence-electron chi connectivity index (χ1n) is 10.7. The fraction of sp³-hybridized carbons (Fsp3) is 0.375. The van der Waals surface area contributed by atoms with E-state index in [0.29, 0.717) is 36.5 Å². The first-order chi connectivity index (χ1) is 15.5. The largest absolute Gasteiger partial charge is 0.484 e. The number of halogens is 1. The van der Waals surface area contributed by atoms with Gasteiger partial charge >= 0.3 is 0 Å². The number of nitrogens with two attached hydrogens (primary N) is 1. The van der Waals surface area contributed by atoms with Gasteiger partial charge in [-0.15, -0.1) is 0 Å². The molecule has 0 unspecified atom stereocenters. The second-order valence-corrected chi connectivity index (χ2v) is 9.95. The van der Waals surface area contributed by atoms with Crippen molar-refractivity contribution in [3.63, 3.8) is 0 Å². The van der Waals surface area contributed by atoms with E-state index < -0.39 is 16.1 Å². The highest BCUT2D eigenvalue weighted by molar-refractivity contribution is 7.89. The normalized spacial score (nSPS) is 19.1. The van der Waals surface area contributed by atoms with Gasteiger partial charge in [0.2, 0.25) is 15.9 Å². The van der Waals surface area contributed by atoms with Gasteiger partial charge in [0.15, 0.2) is 0 Å². The number of amides is 1. The molecule has 3 rings (SSSR count). The first kappa shape index (κ1) is 24.9. The lowest BCUT2D eigenvalue weighted by Crippen LogP contribution is -2.57. The molecular formula is C24H30FN3O4S. The number of hydrogen-bond acceptors (Lipinski definition) is 5. The third kappa shape index (κ3) is 5.79. The summed E-state index contributed by atoms with van der Waals surface area (Å²) in [6.07, 6.45) is 0.788. The van der Waals surface area contributed by atoms with Crippen molar-refractivity contribution in [1.29, 1.82) is 0 Å². The number of carbonyl (C=O) groups is 1. The molecule has 2 N–H and O–H groups in total. The van der Waals surface area contributed by atoms with Gasteiger partial charge in [-0.3, -0.25) is 9.69 Å². The molecule has 1 saturated heterocycles. The average molecular weight is 476 g/mol. The zero-order valence-electron chi connectivity index (χ0n) is 19.1. The van der Waals surface area contributed by atoms with E-state index in [0.717, 1.165) is 0 Å². The number of piperazine rings is 1. The van der Waals surface area contributed by atoms with Crippen molar-refractivity contribution < 1.29 is 22.3 Å². The summed E-state index contributed by atoms with van der Waals surface area (Å²) in [5.74, 6) is 0.0135. The minimum absolute atomic E-state index is 0.0161. The zero-order valence-corrected chi connectivity index (χ0v) is 19.9. The molecule has 9 heteroatoms. The lowest BCUT2D eigenvalue weighted by atomic mass is 9.99. The molecule has 2 aromatic carbocycles. The number of rotatable bonds is 7. The predicted molar refractivity (Wildman–Crippen MR) is 125 cm³/mol. The Labute approximate surface area is 194 Å². The van der Waals surface area contributed by atoms with E-state index in [4.69, 9.17) is 9.88 Å². The summed E-state index contributed by atoms with van der Waals surface area (Å²) in [7, 11) is -3.82. The Kier molecular flexibility index (Phi) is 7.56. The Hall–Kier alpha value is -2.75. The highest BCUT2D eigenvalue weighted by Gasteiger charge is 2.33. The summed E-state index contributed by atoms with van der Waals surface area (Å²) >= 11 is 0. The first-order valence-corrected chi connectivity index (χ1v) is 12.3. The molecule has 0 radical (unpaired) electrons. The molecule has 1 fully saturated rings. The van der Waals surface area contributed by atoms with Crippen LogP contribution in [0.25, 0.3) is 0 Å². The molecule has 1 amide bonds. The Balaban J connectivity index is 1.88. The smallest absolute Gasteiger partial charge is 0.246 e. The number of ether oxygens (including phenoxy) is 1. The number of carbonyl (C=O) groups excluding carboxylic acids is 1. The SMILES string of the molecule is C=CC(=O)N1CCN([C@H](C)[C@H](Oc2ccc(S(N)(=O)=O)cc2)c2ccc(C)c(F)c2)C[C@H]1C. The van der Waals surface area contributed by atoms with Crippen molar-refractivity contribution in [3.05, 3.63) is 72.1 Å². The van der Waals surface area contributed by atoms with Crippen LogP contribution in [0, 0.1) is 12.7 Å². The summed E-state index contributed by atoms with van der Waals surface area (Å²) in [5.41, 5.74) is 1.20. The predicted octanol–water partition coefficient (Wildman–Crippen LogP) is 3.01. The fourth-order valence-electron chi connectivity index (χ4n) is 4.08. The van der Waals surface area contributed by atoms with Crippen LogP contribution in [0.5, 0.6) is 5.75 Å². The number of aryl methyl sites for hydroxylation is 1. The summed E-state index contributed by atoms with van der Waals surface area (Å²) in [5, 5.41) is 5.18. The topological polar surface area (TPSA) is 92.9 Å². The maximum Gasteiger partial charge on any atom is 0.246 e. The second-order valence-electron chi connectivity index (χ2n) is 8.38. The van der Waals surface area contributed by atoms with Crippen molar-refractivity contribution in [1.82, 2.24) is 9.80 Å². The summed E-state index contributed by atoms with van der Waals surface area (Å²) in [6.45, 7) is 11.0. The Morgan fingerprint density at radius 1 is 1.24 bits per heavy atom. The van der Waals surface area contributed by atoms with Gasteiger partial charge in [-0.05, 0) is 68.3 Å². The minimum atomic E-state index is -3.82. The van der Waals surface area contributed by atoms with E-state index in [1.54, 1.807) is 17.9 Å². The van der Waals surface area contributed by atoms with Crippen LogP contribution in [0.2, 0.25) is 0 Å². The molecule has 1 aliphatic heterocycles. The van der Waals surface area contributed by atoms with Crippen LogP contribution in [0.1, 0.15) is 31.1 Å². The van der Waals surface area contributed by atoms with Gasteiger partial charge in [-0.25, -0.2) is 17.9 Å². The van der Waals surface area contributed by atoms with Crippen molar-refractivity contribution >= 4 is 15.9 Å². The summed E-state index contributed by atoms with van der Waals surface area (Å²) in [4.78, 5) is 16.1. The number of nitrogens with zero attached hydrogens (tertiary/aromatic N) is 2. The zero-order chi connectivity index (χ0) is 24.3. The number of benzene rings is 2. The van der Waals surface area contributed by atoms with Crippen LogP contribution >= 0.6 is 0 Å². The van der Waals surface area contributed by atoms with Gasteiger partial charge in [0.05, 0.1) is 4.90 Å². The van der Waals surface area contributed by atoms with Crippen LogP contribution in [0.4, 0.5) is 4.39 Å². The van der Waals surface area contributed by atoms with Gasteiger partial charge in [0.25, 0.3) is 0 Å². The molecule has 3 atom stereocenters. The molecule has 178 valence electrons. The standard InChI is InChI=1S/C24H30FN3O4S/c1-5-23(29)28-13-12-27(15-17(28)3)18(4)24(19-7-6-16(2)22(25)14-19)32-20-8-10-21(11-9-20)33(26,30)31/h5-11,14,17-18,24H,1,12-13,15H2,2-4H3,(H2,26,30,31)/t17-,18-,24+/m1/s1. The van der Waals surface area contributed by atoms with Crippen molar-refractivity contribution in [3.8, 4) is 5.75 Å². The molecule has 1 heterocycles. The van der Waals surface area contributed by atoms with Gasteiger partial charge in [0.1, 0.15) is 17.7 Å². The van der Waals surface area contributed by atoms with E-state index in [1.165, 1.54) is 36.4 Å². The van der Waals surface area contributed by atoms with Gasteiger partial charge in [-0.2, -0.15) is 0 Å². The molecular weight excluding hydrogens is 445 g/mol. The quantitative estimate of drug-likeness (QED) is 0.622. The van der Waals surface area contributed by atoms with E-state index in [9.17, 15) is 17.6 Å². The van der Waals surface area contributed by atoms with E-state index in [1.807, 2.05) is 19.9 Å². The van der Waals surface area contributed by atoms with Crippen molar-refractivity contribution in [2.24, 2.45) is 5.14 Å². The molecule has 0 bridgehead atoms. The van der Waals surface area contributed by atoms with Crippen molar-refractivity contribution in [2.75, 3.05) is 19.6 Å². The van der Waals surface area contributed by atoms with Crippen LogP contribution < -0.4 is 9.88 Å². The van der Waals surface area contributed by atoms with Gasteiger partial charge in [0, 0.05) is 31.7 Å². The summed E-state index contributed by atoms with van der Waals surface area (Å²) in [6, 6.07) is 10.7. The van der Waals surface area contributed by atoms with Gasteiger partial charge in [-0.1, -0.05) is 18.7 Å².